The first-order valence-corrected chi connectivity index (χ1v) is 7.62. The number of nitrogens with two attached hydrogens (primary N) is 1. The lowest BCUT2D eigenvalue weighted by atomic mass is 10.1. The molecule has 2 rings (SSSR count). The summed E-state index contributed by atoms with van der Waals surface area (Å²) in [6, 6.07) is 11.6. The van der Waals surface area contributed by atoms with E-state index in [-0.39, 0.29) is 6.04 Å². The van der Waals surface area contributed by atoms with Crippen LogP contribution in [-0.4, -0.2) is 30.0 Å². The Bertz CT molecular complexity index is 575. The Hall–Kier alpha value is -1.13. The first kappa shape index (κ1) is 16.2. The minimum atomic E-state index is 0.0680. The zero-order valence-corrected chi connectivity index (χ0v) is 13.5. The Morgan fingerprint density at radius 1 is 1.24 bits per heavy atom. The van der Waals surface area contributed by atoms with Gasteiger partial charge in [0.05, 0.1) is 0 Å². The first-order valence-electron chi connectivity index (χ1n) is 6.87. The lowest BCUT2D eigenvalue weighted by Crippen LogP contribution is -2.32. The summed E-state index contributed by atoms with van der Waals surface area (Å²) in [6.07, 6.45) is 2.69. The number of rotatable bonds is 6. The molecule has 5 heteroatoms. The summed E-state index contributed by atoms with van der Waals surface area (Å²) in [7, 11) is 2.05. The van der Waals surface area contributed by atoms with Crippen molar-refractivity contribution in [2.45, 2.75) is 12.5 Å². The van der Waals surface area contributed by atoms with E-state index in [2.05, 4.69) is 9.88 Å². The summed E-state index contributed by atoms with van der Waals surface area (Å²) in [4.78, 5) is 6.53. The van der Waals surface area contributed by atoms with Gasteiger partial charge in [-0.2, -0.15) is 0 Å². The van der Waals surface area contributed by atoms with Crippen molar-refractivity contribution in [3.05, 3.63) is 63.9 Å². The van der Waals surface area contributed by atoms with Crippen molar-refractivity contribution in [1.29, 1.82) is 0 Å². The highest BCUT2D eigenvalue weighted by molar-refractivity contribution is 6.35. The van der Waals surface area contributed by atoms with Gasteiger partial charge >= 0.3 is 0 Å². The molecule has 0 radical (unpaired) electrons. The molecule has 0 amide bonds. The topological polar surface area (TPSA) is 42.2 Å². The van der Waals surface area contributed by atoms with Gasteiger partial charge in [0.15, 0.2) is 0 Å². The molecule has 1 unspecified atom stereocenters. The number of pyridine rings is 1. The Labute approximate surface area is 135 Å². The van der Waals surface area contributed by atoms with E-state index < -0.39 is 0 Å². The van der Waals surface area contributed by atoms with Gasteiger partial charge in [-0.05, 0) is 36.9 Å². The minimum absolute atomic E-state index is 0.0680. The molecule has 1 aromatic heterocycles. The van der Waals surface area contributed by atoms with Crippen LogP contribution >= 0.6 is 23.2 Å². The molecule has 2 N–H and O–H groups in total. The largest absolute Gasteiger partial charge is 0.329 e. The van der Waals surface area contributed by atoms with Crippen LogP contribution in [-0.2, 0) is 6.42 Å². The number of nitrogens with zero attached hydrogens (tertiary/aromatic N) is 2. The number of hydrogen-bond donors (Lipinski definition) is 1. The van der Waals surface area contributed by atoms with Gasteiger partial charge in [-0.15, -0.1) is 0 Å². The first-order chi connectivity index (χ1) is 10.1. The third kappa shape index (κ3) is 4.42. The standard InChI is InChI=1S/C16H19Cl2N3/c1-21(9-7-13-4-2-3-8-20-13)16(11-19)14-6-5-12(17)10-15(14)18/h2-6,8,10,16H,7,9,11,19H2,1H3. The van der Waals surface area contributed by atoms with Crippen LogP contribution in [0.15, 0.2) is 42.6 Å². The summed E-state index contributed by atoms with van der Waals surface area (Å²) in [5, 5.41) is 1.29. The molecule has 0 bridgehead atoms. The lowest BCUT2D eigenvalue weighted by molar-refractivity contribution is 0.252. The quantitative estimate of drug-likeness (QED) is 0.883. The monoisotopic (exact) mass is 323 g/mol. The van der Waals surface area contributed by atoms with Crippen LogP contribution in [0.25, 0.3) is 0 Å². The zero-order valence-electron chi connectivity index (χ0n) is 12.0. The molecule has 3 nitrogen and oxygen atoms in total. The summed E-state index contributed by atoms with van der Waals surface area (Å²) in [5.41, 5.74) is 8.01. The van der Waals surface area contributed by atoms with E-state index in [1.165, 1.54) is 0 Å². The molecular weight excluding hydrogens is 305 g/mol. The Morgan fingerprint density at radius 3 is 2.67 bits per heavy atom. The second kappa shape index (κ2) is 7.76. The van der Waals surface area contributed by atoms with Gasteiger partial charge in [0, 0.05) is 47.5 Å². The Balaban J connectivity index is 2.06. The summed E-state index contributed by atoms with van der Waals surface area (Å²) in [6.45, 7) is 1.36. The van der Waals surface area contributed by atoms with Crippen molar-refractivity contribution in [2.24, 2.45) is 5.73 Å². The third-order valence-corrected chi connectivity index (χ3v) is 4.09. The molecule has 2 aromatic rings. The predicted octanol–water partition coefficient (Wildman–Crippen LogP) is 3.56. The van der Waals surface area contributed by atoms with E-state index >= 15 is 0 Å². The van der Waals surface area contributed by atoms with Crippen molar-refractivity contribution in [3.63, 3.8) is 0 Å². The highest BCUT2D eigenvalue weighted by Crippen LogP contribution is 2.28. The van der Waals surface area contributed by atoms with E-state index in [1.54, 1.807) is 6.07 Å². The number of likely N-dealkylation sites (N-methyl/N-ethyl adjacent to an activating group) is 1. The summed E-state index contributed by atoms with van der Waals surface area (Å²) < 4.78 is 0. The van der Waals surface area contributed by atoms with E-state index in [9.17, 15) is 0 Å². The fourth-order valence-corrected chi connectivity index (χ4v) is 2.84. The van der Waals surface area contributed by atoms with Gasteiger partial charge in [0.2, 0.25) is 0 Å². The molecule has 1 aromatic carbocycles. The Morgan fingerprint density at radius 2 is 2.05 bits per heavy atom. The minimum Gasteiger partial charge on any atom is -0.329 e. The van der Waals surface area contributed by atoms with Crippen molar-refractivity contribution in [2.75, 3.05) is 20.1 Å². The van der Waals surface area contributed by atoms with Crippen LogP contribution in [0, 0.1) is 0 Å². The van der Waals surface area contributed by atoms with E-state index in [0.29, 0.717) is 16.6 Å². The van der Waals surface area contributed by atoms with E-state index in [1.807, 2.05) is 43.6 Å². The molecule has 0 aliphatic heterocycles. The van der Waals surface area contributed by atoms with Gasteiger partial charge in [-0.3, -0.25) is 9.88 Å². The number of hydrogen-bond acceptors (Lipinski definition) is 3. The summed E-state index contributed by atoms with van der Waals surface area (Å²) in [5.74, 6) is 0. The van der Waals surface area contributed by atoms with Crippen LogP contribution in [0.5, 0.6) is 0 Å². The average Bonchev–Trinajstić information content (AvgIpc) is 2.49. The molecule has 0 saturated heterocycles. The van der Waals surface area contributed by atoms with Crippen LogP contribution in [0.1, 0.15) is 17.3 Å². The molecule has 0 fully saturated rings. The maximum absolute atomic E-state index is 6.29. The van der Waals surface area contributed by atoms with Gasteiger partial charge in [-0.1, -0.05) is 35.3 Å². The number of halogens is 2. The molecule has 112 valence electrons. The number of benzene rings is 1. The van der Waals surface area contributed by atoms with Crippen LogP contribution < -0.4 is 5.73 Å². The third-order valence-electron chi connectivity index (χ3n) is 3.52. The summed E-state index contributed by atoms with van der Waals surface area (Å²) >= 11 is 12.2. The molecular formula is C16H19Cl2N3. The van der Waals surface area contributed by atoms with E-state index in [0.717, 1.165) is 24.2 Å². The fourth-order valence-electron chi connectivity index (χ4n) is 2.31. The van der Waals surface area contributed by atoms with Crippen molar-refractivity contribution < 1.29 is 0 Å². The van der Waals surface area contributed by atoms with Gasteiger partial charge in [0.1, 0.15) is 0 Å². The van der Waals surface area contributed by atoms with Gasteiger partial charge < -0.3 is 5.73 Å². The smallest absolute Gasteiger partial charge is 0.0482 e. The van der Waals surface area contributed by atoms with Crippen LogP contribution in [0.4, 0.5) is 0 Å². The molecule has 0 spiro atoms. The van der Waals surface area contributed by atoms with Crippen LogP contribution in [0.3, 0.4) is 0 Å². The second-order valence-corrected chi connectivity index (χ2v) is 5.81. The predicted molar refractivity (Wildman–Crippen MR) is 88.8 cm³/mol. The normalized spacial score (nSPS) is 12.6. The average molecular weight is 324 g/mol. The van der Waals surface area contributed by atoms with Crippen molar-refractivity contribution in [1.82, 2.24) is 9.88 Å². The molecule has 1 heterocycles. The van der Waals surface area contributed by atoms with Gasteiger partial charge in [-0.25, -0.2) is 0 Å². The SMILES string of the molecule is CN(CCc1ccccn1)C(CN)c1ccc(Cl)cc1Cl. The maximum atomic E-state index is 6.29. The van der Waals surface area contributed by atoms with E-state index in [4.69, 9.17) is 28.9 Å². The van der Waals surface area contributed by atoms with Crippen molar-refractivity contribution in [3.8, 4) is 0 Å². The highest BCUT2D eigenvalue weighted by Gasteiger charge is 2.18. The lowest BCUT2D eigenvalue weighted by Gasteiger charge is -2.28. The zero-order chi connectivity index (χ0) is 15.2. The molecule has 21 heavy (non-hydrogen) atoms. The Kier molecular flexibility index (Phi) is 6.00. The molecule has 0 aliphatic rings. The molecule has 1 atom stereocenters. The fraction of sp³-hybridized carbons (Fsp3) is 0.312. The van der Waals surface area contributed by atoms with Crippen LogP contribution in [0.2, 0.25) is 10.0 Å². The molecule has 0 saturated carbocycles. The van der Waals surface area contributed by atoms with Crippen molar-refractivity contribution >= 4 is 23.2 Å². The highest BCUT2D eigenvalue weighted by atomic mass is 35.5. The second-order valence-electron chi connectivity index (χ2n) is 4.97. The maximum Gasteiger partial charge on any atom is 0.0482 e. The number of aromatic nitrogens is 1. The van der Waals surface area contributed by atoms with Gasteiger partial charge in [0.25, 0.3) is 0 Å². The molecule has 0 aliphatic carbocycles.